The summed E-state index contributed by atoms with van der Waals surface area (Å²) >= 11 is 11.7. The number of rotatable bonds is 5. The smallest absolute Gasteiger partial charge is 0.304 e. The zero-order valence-electron chi connectivity index (χ0n) is 7.96. The van der Waals surface area contributed by atoms with Gasteiger partial charge in [0.2, 0.25) is 0 Å². The first-order valence-electron chi connectivity index (χ1n) is 4.46. The van der Waals surface area contributed by atoms with E-state index in [0.29, 0.717) is 23.1 Å². The minimum Gasteiger partial charge on any atom is -0.481 e. The van der Waals surface area contributed by atoms with Crippen LogP contribution in [-0.2, 0) is 11.3 Å². The molecule has 1 rings (SSSR count). The molecule has 0 unspecified atom stereocenters. The molecule has 0 atom stereocenters. The van der Waals surface area contributed by atoms with E-state index >= 15 is 0 Å². The summed E-state index contributed by atoms with van der Waals surface area (Å²) in [4.78, 5) is 10.2. The summed E-state index contributed by atoms with van der Waals surface area (Å²) in [6.07, 6.45) is 0.0954. The van der Waals surface area contributed by atoms with Gasteiger partial charge in [0.1, 0.15) is 0 Å². The van der Waals surface area contributed by atoms with Crippen LogP contribution in [0.3, 0.4) is 0 Å². The normalized spacial score (nSPS) is 10.3. The Morgan fingerprint density at radius 2 is 2.13 bits per heavy atom. The van der Waals surface area contributed by atoms with Gasteiger partial charge in [-0.2, -0.15) is 0 Å². The molecule has 0 saturated heterocycles. The Morgan fingerprint density at radius 1 is 1.40 bits per heavy atom. The van der Waals surface area contributed by atoms with E-state index in [1.807, 2.05) is 0 Å². The van der Waals surface area contributed by atoms with E-state index in [-0.39, 0.29) is 6.42 Å². The molecule has 1 aromatic rings. The van der Waals surface area contributed by atoms with Crippen LogP contribution in [0, 0.1) is 0 Å². The second-order valence-electron chi connectivity index (χ2n) is 3.06. The molecule has 0 aliphatic carbocycles. The van der Waals surface area contributed by atoms with Crippen LogP contribution < -0.4 is 5.32 Å². The number of aliphatic carboxylic acids is 1. The first-order valence-corrected chi connectivity index (χ1v) is 5.21. The lowest BCUT2D eigenvalue weighted by Gasteiger charge is -2.05. The minimum absolute atomic E-state index is 0.0954. The predicted octanol–water partition coefficient (Wildman–Crippen LogP) is 2.56. The van der Waals surface area contributed by atoms with Crippen molar-refractivity contribution in [2.45, 2.75) is 13.0 Å². The Bertz CT molecular complexity index is 355. The molecule has 0 aliphatic heterocycles. The molecule has 2 N–H and O–H groups in total. The van der Waals surface area contributed by atoms with E-state index in [1.54, 1.807) is 18.2 Å². The second-order valence-corrected chi connectivity index (χ2v) is 3.90. The highest BCUT2D eigenvalue weighted by Crippen LogP contribution is 2.20. The molecule has 0 heterocycles. The fourth-order valence-electron chi connectivity index (χ4n) is 1.10. The summed E-state index contributed by atoms with van der Waals surface area (Å²) in [5.41, 5.74) is 0.870. The van der Waals surface area contributed by atoms with Gasteiger partial charge in [-0.25, -0.2) is 0 Å². The number of carboxylic acids is 1. The van der Waals surface area contributed by atoms with Crippen LogP contribution in [0.15, 0.2) is 18.2 Å². The monoisotopic (exact) mass is 247 g/mol. The Kier molecular flexibility index (Phi) is 4.88. The molecule has 0 saturated carbocycles. The maximum atomic E-state index is 10.2. The zero-order valence-corrected chi connectivity index (χ0v) is 9.48. The van der Waals surface area contributed by atoms with Crippen molar-refractivity contribution >= 4 is 29.2 Å². The minimum atomic E-state index is -0.820. The molecule has 0 bridgehead atoms. The average molecular weight is 248 g/mol. The summed E-state index contributed by atoms with van der Waals surface area (Å²) in [6.45, 7) is 0.935. The van der Waals surface area contributed by atoms with Crippen LogP contribution in [0.1, 0.15) is 12.0 Å². The van der Waals surface area contributed by atoms with Crippen molar-refractivity contribution in [2.75, 3.05) is 6.54 Å². The van der Waals surface area contributed by atoms with Crippen LogP contribution >= 0.6 is 23.2 Å². The summed E-state index contributed by atoms with van der Waals surface area (Å²) in [6, 6.07) is 5.19. The maximum absolute atomic E-state index is 10.2. The van der Waals surface area contributed by atoms with E-state index in [4.69, 9.17) is 28.3 Å². The Labute approximate surface area is 98.0 Å². The van der Waals surface area contributed by atoms with Crippen LogP contribution in [0.5, 0.6) is 0 Å². The lowest BCUT2D eigenvalue weighted by molar-refractivity contribution is -0.136. The highest BCUT2D eigenvalue weighted by molar-refractivity contribution is 6.33. The van der Waals surface area contributed by atoms with Gasteiger partial charge in [0.05, 0.1) is 6.42 Å². The molecule has 0 spiro atoms. The van der Waals surface area contributed by atoms with Gasteiger partial charge in [-0.15, -0.1) is 0 Å². The second kappa shape index (κ2) is 5.95. The third-order valence-electron chi connectivity index (χ3n) is 1.84. The molecular weight excluding hydrogens is 237 g/mol. The van der Waals surface area contributed by atoms with E-state index in [9.17, 15) is 4.79 Å². The van der Waals surface area contributed by atoms with Gasteiger partial charge < -0.3 is 10.4 Å². The van der Waals surface area contributed by atoms with Crippen molar-refractivity contribution in [2.24, 2.45) is 0 Å². The lowest BCUT2D eigenvalue weighted by atomic mass is 10.2. The van der Waals surface area contributed by atoms with Crippen LogP contribution in [0.4, 0.5) is 0 Å². The molecule has 82 valence electrons. The van der Waals surface area contributed by atoms with E-state index in [2.05, 4.69) is 5.32 Å². The summed E-state index contributed by atoms with van der Waals surface area (Å²) in [7, 11) is 0. The van der Waals surface area contributed by atoms with Crippen molar-refractivity contribution in [1.82, 2.24) is 5.32 Å². The number of nitrogens with one attached hydrogen (secondary N) is 1. The van der Waals surface area contributed by atoms with Gasteiger partial charge in [0.15, 0.2) is 0 Å². The fraction of sp³-hybridized carbons (Fsp3) is 0.300. The zero-order chi connectivity index (χ0) is 11.3. The molecule has 0 radical (unpaired) electrons. The van der Waals surface area contributed by atoms with E-state index < -0.39 is 5.97 Å². The molecule has 0 aliphatic rings. The molecule has 0 aromatic heterocycles. The largest absolute Gasteiger partial charge is 0.481 e. The van der Waals surface area contributed by atoms with Gasteiger partial charge in [-0.05, 0) is 23.8 Å². The first kappa shape index (κ1) is 12.3. The lowest BCUT2D eigenvalue weighted by Crippen LogP contribution is -2.17. The predicted molar refractivity (Wildman–Crippen MR) is 60.4 cm³/mol. The molecule has 0 fully saturated rings. The maximum Gasteiger partial charge on any atom is 0.304 e. The first-order chi connectivity index (χ1) is 7.09. The number of halogens is 2. The number of hydrogen-bond donors (Lipinski definition) is 2. The number of carbonyl (C=O) groups is 1. The highest BCUT2D eigenvalue weighted by atomic mass is 35.5. The molecule has 1 aromatic carbocycles. The van der Waals surface area contributed by atoms with E-state index in [1.165, 1.54) is 0 Å². The molecule has 15 heavy (non-hydrogen) atoms. The topological polar surface area (TPSA) is 49.3 Å². The molecular formula is C10H11Cl2NO2. The number of benzene rings is 1. The standard InChI is InChI=1S/C10H11Cl2NO2/c11-8-1-2-9(12)7(5-8)6-13-4-3-10(14)15/h1-2,5,13H,3-4,6H2,(H,14,15). The Balaban J connectivity index is 2.43. The van der Waals surface area contributed by atoms with Crippen molar-refractivity contribution in [3.63, 3.8) is 0 Å². The SMILES string of the molecule is O=C(O)CCNCc1cc(Cl)ccc1Cl. The average Bonchev–Trinajstić information content (AvgIpc) is 2.17. The van der Waals surface area contributed by atoms with Crippen molar-refractivity contribution in [1.29, 1.82) is 0 Å². The number of carboxylic acid groups (broad SMARTS) is 1. The van der Waals surface area contributed by atoms with Crippen molar-refractivity contribution < 1.29 is 9.90 Å². The third-order valence-corrected chi connectivity index (χ3v) is 2.44. The van der Waals surface area contributed by atoms with Gasteiger partial charge in [-0.1, -0.05) is 23.2 Å². The van der Waals surface area contributed by atoms with Crippen LogP contribution in [-0.4, -0.2) is 17.6 Å². The molecule has 5 heteroatoms. The van der Waals surface area contributed by atoms with Gasteiger partial charge in [0, 0.05) is 23.1 Å². The number of hydrogen-bond acceptors (Lipinski definition) is 2. The Hall–Kier alpha value is -0.770. The van der Waals surface area contributed by atoms with Crippen molar-refractivity contribution in [3.8, 4) is 0 Å². The molecule has 3 nitrogen and oxygen atoms in total. The van der Waals surface area contributed by atoms with Crippen LogP contribution in [0.25, 0.3) is 0 Å². The van der Waals surface area contributed by atoms with Crippen LogP contribution in [0.2, 0.25) is 10.0 Å². The summed E-state index contributed by atoms with van der Waals surface area (Å²) in [5, 5.41) is 12.6. The van der Waals surface area contributed by atoms with Crippen molar-refractivity contribution in [3.05, 3.63) is 33.8 Å². The van der Waals surface area contributed by atoms with E-state index in [0.717, 1.165) is 5.56 Å². The van der Waals surface area contributed by atoms with Gasteiger partial charge >= 0.3 is 5.97 Å². The third kappa shape index (κ3) is 4.51. The Morgan fingerprint density at radius 3 is 2.80 bits per heavy atom. The summed E-state index contributed by atoms with van der Waals surface area (Å²) < 4.78 is 0. The fourth-order valence-corrected chi connectivity index (χ4v) is 1.48. The molecule has 0 amide bonds. The highest BCUT2D eigenvalue weighted by Gasteiger charge is 2.01. The summed E-state index contributed by atoms with van der Waals surface area (Å²) in [5.74, 6) is -0.820. The quantitative estimate of drug-likeness (QED) is 0.787. The van der Waals surface area contributed by atoms with Gasteiger partial charge in [-0.3, -0.25) is 4.79 Å². The van der Waals surface area contributed by atoms with Gasteiger partial charge in [0.25, 0.3) is 0 Å².